The molecule has 1 rings (SSSR count). The summed E-state index contributed by atoms with van der Waals surface area (Å²) in [4.78, 5) is 38.6. The lowest BCUT2D eigenvalue weighted by Gasteiger charge is -2.28. The Bertz CT molecular complexity index is 761. The molecule has 0 radical (unpaired) electrons. The van der Waals surface area contributed by atoms with Gasteiger partial charge in [-0.05, 0) is 6.42 Å². The van der Waals surface area contributed by atoms with E-state index in [1.54, 1.807) is 6.92 Å². The molecule has 1 N–H and O–H groups in total. The zero-order chi connectivity index (χ0) is 22.6. The Morgan fingerprint density at radius 2 is 1.76 bits per heavy atom. The first-order valence-corrected chi connectivity index (χ1v) is 7.98. The van der Waals surface area contributed by atoms with E-state index in [-0.39, 0.29) is 18.7 Å². The number of carbonyl (C=O) groups is 3. The number of halogens is 7. The van der Waals surface area contributed by atoms with Crippen molar-refractivity contribution in [3.05, 3.63) is 18.2 Å². The summed E-state index contributed by atoms with van der Waals surface area (Å²) in [5.74, 6) is -17.9. The van der Waals surface area contributed by atoms with Crippen molar-refractivity contribution < 1.29 is 49.9 Å². The lowest BCUT2D eigenvalue weighted by atomic mass is 10.1. The number of rotatable bonds is 8. The average Bonchev–Trinajstić information content (AvgIpc) is 3.06. The molecule has 0 aliphatic rings. The standard InChI is InChI=1S/C15H16F7N3O4/c1-3-4-29-11(27)10(5-9-6-23-7-25(9)8(2)26)24-12(28)13(16,17)14(18,19)15(20,21)22/h6-7,10H,3-5H2,1-2H3,(H,24,28). The van der Waals surface area contributed by atoms with Gasteiger partial charge in [-0.1, -0.05) is 6.92 Å². The number of nitrogens with one attached hydrogen (secondary N) is 1. The molecule has 164 valence electrons. The van der Waals surface area contributed by atoms with Crippen molar-refractivity contribution in [3.63, 3.8) is 0 Å². The summed E-state index contributed by atoms with van der Waals surface area (Å²) in [6.07, 6.45) is -5.20. The third kappa shape index (κ3) is 5.23. The molecule has 1 unspecified atom stereocenters. The lowest BCUT2D eigenvalue weighted by Crippen LogP contribution is -2.61. The largest absolute Gasteiger partial charge is 0.464 e. The highest BCUT2D eigenvalue weighted by Gasteiger charge is 2.76. The first kappa shape index (κ1) is 24.4. The first-order valence-electron chi connectivity index (χ1n) is 7.98. The number of hydrogen-bond donors (Lipinski definition) is 1. The highest BCUT2D eigenvalue weighted by molar-refractivity contribution is 5.89. The van der Waals surface area contributed by atoms with Crippen molar-refractivity contribution >= 4 is 17.8 Å². The van der Waals surface area contributed by atoms with Gasteiger partial charge in [-0.25, -0.2) is 9.78 Å². The minimum absolute atomic E-state index is 0.109. The predicted molar refractivity (Wildman–Crippen MR) is 81.4 cm³/mol. The average molecular weight is 435 g/mol. The summed E-state index contributed by atoms with van der Waals surface area (Å²) in [6.45, 7) is 2.39. The van der Waals surface area contributed by atoms with Gasteiger partial charge in [0.1, 0.15) is 12.4 Å². The number of alkyl halides is 7. The molecule has 0 saturated carbocycles. The molecule has 0 spiro atoms. The number of aromatic nitrogens is 2. The molecular weight excluding hydrogens is 419 g/mol. The van der Waals surface area contributed by atoms with Crippen LogP contribution in [0.15, 0.2) is 12.5 Å². The first-order chi connectivity index (χ1) is 13.2. The molecule has 1 heterocycles. The number of carbonyl (C=O) groups excluding carboxylic acids is 3. The molecule has 1 amide bonds. The maximum Gasteiger partial charge on any atom is 0.460 e. The Balaban J connectivity index is 3.17. The molecular formula is C15H16F7N3O4. The third-order valence-corrected chi connectivity index (χ3v) is 3.54. The van der Waals surface area contributed by atoms with E-state index in [0.29, 0.717) is 0 Å². The number of hydrogen-bond acceptors (Lipinski definition) is 5. The fraction of sp³-hybridized carbons (Fsp3) is 0.600. The van der Waals surface area contributed by atoms with Gasteiger partial charge in [0.05, 0.1) is 6.61 Å². The Morgan fingerprint density at radius 1 is 1.17 bits per heavy atom. The second-order valence-electron chi connectivity index (χ2n) is 5.82. The second-order valence-corrected chi connectivity index (χ2v) is 5.82. The molecule has 0 bridgehead atoms. The van der Waals surface area contributed by atoms with Gasteiger partial charge in [-0.15, -0.1) is 0 Å². The molecule has 29 heavy (non-hydrogen) atoms. The number of ether oxygens (including phenoxy) is 1. The Labute approximate surface area is 159 Å². The molecule has 0 aliphatic carbocycles. The predicted octanol–water partition coefficient (Wildman–Crippen LogP) is 2.36. The molecule has 1 aromatic rings. The molecule has 7 nitrogen and oxygen atoms in total. The molecule has 0 fully saturated rings. The van der Waals surface area contributed by atoms with E-state index >= 15 is 0 Å². The van der Waals surface area contributed by atoms with Crippen molar-refractivity contribution in [2.45, 2.75) is 50.8 Å². The van der Waals surface area contributed by atoms with Crippen LogP contribution in [0.2, 0.25) is 0 Å². The van der Waals surface area contributed by atoms with Crippen LogP contribution in [0.1, 0.15) is 30.8 Å². The van der Waals surface area contributed by atoms with Crippen molar-refractivity contribution in [1.82, 2.24) is 14.9 Å². The Kier molecular flexibility index (Phi) is 7.38. The summed E-state index contributed by atoms with van der Waals surface area (Å²) in [7, 11) is 0. The van der Waals surface area contributed by atoms with Crippen LogP contribution in [0.5, 0.6) is 0 Å². The van der Waals surface area contributed by atoms with Crippen molar-refractivity contribution in [1.29, 1.82) is 0 Å². The molecule has 0 aliphatic heterocycles. The van der Waals surface area contributed by atoms with Gasteiger partial charge in [0.25, 0.3) is 5.91 Å². The van der Waals surface area contributed by atoms with E-state index in [0.717, 1.165) is 29.3 Å². The van der Waals surface area contributed by atoms with Crippen LogP contribution in [0.25, 0.3) is 0 Å². The van der Waals surface area contributed by atoms with Crippen LogP contribution in [0.3, 0.4) is 0 Å². The van der Waals surface area contributed by atoms with Crippen LogP contribution >= 0.6 is 0 Å². The van der Waals surface area contributed by atoms with Gasteiger partial charge < -0.3 is 10.1 Å². The quantitative estimate of drug-likeness (QED) is 0.500. The Morgan fingerprint density at radius 3 is 2.24 bits per heavy atom. The van der Waals surface area contributed by atoms with Crippen molar-refractivity contribution in [2.24, 2.45) is 0 Å². The van der Waals surface area contributed by atoms with E-state index in [1.807, 2.05) is 0 Å². The van der Waals surface area contributed by atoms with Gasteiger partial charge >= 0.3 is 24.0 Å². The van der Waals surface area contributed by atoms with E-state index < -0.39 is 48.3 Å². The number of nitrogens with zero attached hydrogens (tertiary/aromatic N) is 2. The normalized spacial score (nSPS) is 13.7. The van der Waals surface area contributed by atoms with E-state index in [1.165, 1.54) is 0 Å². The minimum Gasteiger partial charge on any atom is -0.464 e. The van der Waals surface area contributed by atoms with Crippen LogP contribution in [-0.2, 0) is 20.7 Å². The molecule has 0 aromatic carbocycles. The third-order valence-electron chi connectivity index (χ3n) is 3.54. The summed E-state index contributed by atoms with van der Waals surface area (Å²) in [5.41, 5.74) is -0.109. The monoisotopic (exact) mass is 435 g/mol. The van der Waals surface area contributed by atoms with E-state index in [2.05, 4.69) is 9.72 Å². The van der Waals surface area contributed by atoms with Crippen LogP contribution in [0.4, 0.5) is 30.7 Å². The summed E-state index contributed by atoms with van der Waals surface area (Å²) in [5, 5.41) is 1.15. The number of esters is 1. The van der Waals surface area contributed by atoms with Gasteiger partial charge in [-0.2, -0.15) is 30.7 Å². The highest BCUT2D eigenvalue weighted by atomic mass is 19.4. The SMILES string of the molecule is CCCOC(=O)C(Cc1cncn1C(C)=O)NC(=O)C(F)(F)C(F)(F)C(F)(F)F. The fourth-order valence-electron chi connectivity index (χ4n) is 2.03. The smallest absolute Gasteiger partial charge is 0.460 e. The van der Waals surface area contributed by atoms with Crippen LogP contribution in [-0.4, -0.2) is 58.0 Å². The molecule has 0 saturated heterocycles. The fourth-order valence-corrected chi connectivity index (χ4v) is 2.03. The van der Waals surface area contributed by atoms with Gasteiger partial charge in [-0.3, -0.25) is 14.2 Å². The zero-order valence-electron chi connectivity index (χ0n) is 15.0. The van der Waals surface area contributed by atoms with Gasteiger partial charge in [0.15, 0.2) is 0 Å². The van der Waals surface area contributed by atoms with Gasteiger partial charge in [0.2, 0.25) is 5.91 Å². The maximum absolute atomic E-state index is 13.5. The summed E-state index contributed by atoms with van der Waals surface area (Å²) in [6, 6.07) is -2.08. The molecule has 14 heteroatoms. The number of amides is 1. The summed E-state index contributed by atoms with van der Waals surface area (Å²) < 4.78 is 95.4. The lowest BCUT2D eigenvalue weighted by molar-refractivity contribution is -0.344. The molecule has 1 aromatic heterocycles. The Hall–Kier alpha value is -2.67. The topological polar surface area (TPSA) is 90.3 Å². The maximum atomic E-state index is 13.5. The van der Waals surface area contributed by atoms with Crippen LogP contribution in [0, 0.1) is 0 Å². The minimum atomic E-state index is -6.72. The second kappa shape index (κ2) is 8.78. The number of imidazole rings is 1. The van der Waals surface area contributed by atoms with Crippen molar-refractivity contribution in [2.75, 3.05) is 6.61 Å². The summed E-state index contributed by atoms with van der Waals surface area (Å²) >= 11 is 0. The van der Waals surface area contributed by atoms with Gasteiger partial charge in [0, 0.05) is 25.2 Å². The highest BCUT2D eigenvalue weighted by Crippen LogP contribution is 2.46. The van der Waals surface area contributed by atoms with E-state index in [9.17, 15) is 45.1 Å². The van der Waals surface area contributed by atoms with Crippen molar-refractivity contribution in [3.8, 4) is 0 Å². The molecule has 1 atom stereocenters. The van der Waals surface area contributed by atoms with E-state index in [4.69, 9.17) is 0 Å². The van der Waals surface area contributed by atoms with Crippen LogP contribution < -0.4 is 5.32 Å². The zero-order valence-corrected chi connectivity index (χ0v) is 15.0.